The third-order valence-electron chi connectivity index (χ3n) is 4.86. The van der Waals surface area contributed by atoms with Crippen LogP contribution < -0.4 is 10.8 Å². The first-order valence-corrected chi connectivity index (χ1v) is 10.6. The molecule has 0 saturated carbocycles. The van der Waals surface area contributed by atoms with E-state index >= 15 is 0 Å². The smallest absolute Gasteiger partial charge is 0.341 e. The van der Waals surface area contributed by atoms with Gasteiger partial charge in [0.15, 0.2) is 11.3 Å². The van der Waals surface area contributed by atoms with Crippen LogP contribution in [-0.2, 0) is 11.0 Å². The van der Waals surface area contributed by atoms with Gasteiger partial charge >= 0.3 is 6.18 Å². The largest absolute Gasteiger partial charge is 0.420 e. The van der Waals surface area contributed by atoms with E-state index < -0.39 is 23.0 Å². The van der Waals surface area contributed by atoms with Crippen LogP contribution >= 0.6 is 0 Å². The highest BCUT2D eigenvalue weighted by molar-refractivity contribution is 5.90. The van der Waals surface area contributed by atoms with Crippen molar-refractivity contribution < 1.29 is 27.2 Å². The molecule has 3 aromatic rings. The number of amides is 1. The number of nitrogens with one attached hydrogen (secondary N) is 3. The Labute approximate surface area is 204 Å². The molecular formula is C23H25F4N7O2. The number of imidazole rings is 1. The van der Waals surface area contributed by atoms with Gasteiger partial charge in [0.05, 0.1) is 5.69 Å². The summed E-state index contributed by atoms with van der Waals surface area (Å²) < 4.78 is 54.6. The lowest BCUT2D eigenvalue weighted by Crippen LogP contribution is -2.37. The minimum absolute atomic E-state index is 0.0587. The van der Waals surface area contributed by atoms with Gasteiger partial charge in [-0.25, -0.2) is 14.1 Å². The highest BCUT2D eigenvalue weighted by Gasteiger charge is 2.34. The van der Waals surface area contributed by atoms with Crippen molar-refractivity contribution in [2.24, 2.45) is 0 Å². The van der Waals surface area contributed by atoms with E-state index in [0.717, 1.165) is 22.9 Å². The molecule has 9 nitrogen and oxygen atoms in total. The Kier molecular flexibility index (Phi) is 10.2. The number of hydrogen-bond donors (Lipinski definition) is 3. The summed E-state index contributed by atoms with van der Waals surface area (Å²) >= 11 is 0. The zero-order valence-corrected chi connectivity index (χ0v) is 19.3. The van der Waals surface area contributed by atoms with Crippen molar-refractivity contribution in [1.82, 2.24) is 30.0 Å². The number of aromatic amines is 1. The van der Waals surface area contributed by atoms with Crippen LogP contribution in [0.4, 0.5) is 17.6 Å². The van der Waals surface area contributed by atoms with Gasteiger partial charge in [-0.2, -0.15) is 18.3 Å². The maximum absolute atomic E-state index is 13.5. The molecule has 0 aliphatic rings. The summed E-state index contributed by atoms with van der Waals surface area (Å²) in [5, 5.41) is 15.0. The van der Waals surface area contributed by atoms with Gasteiger partial charge in [0.25, 0.3) is 5.91 Å². The lowest BCUT2D eigenvalue weighted by Gasteiger charge is -2.20. The quantitative estimate of drug-likeness (QED) is 0.385. The molecule has 3 N–H and O–H groups in total. The number of nitrogens with zero attached hydrogens (tertiary/aromatic N) is 4. The summed E-state index contributed by atoms with van der Waals surface area (Å²) in [4.78, 5) is 28.9. The second kappa shape index (κ2) is 13.1. The Morgan fingerprint density at radius 2 is 1.94 bits per heavy atom. The van der Waals surface area contributed by atoms with E-state index in [2.05, 4.69) is 20.4 Å². The van der Waals surface area contributed by atoms with E-state index in [-0.39, 0.29) is 29.5 Å². The van der Waals surface area contributed by atoms with Gasteiger partial charge in [-0.15, -0.1) is 0 Å². The van der Waals surface area contributed by atoms with Gasteiger partial charge in [0.2, 0.25) is 0 Å². The number of H-pyrrole nitrogens is 1. The van der Waals surface area contributed by atoms with Crippen LogP contribution in [0.2, 0.25) is 0 Å². The molecule has 0 aliphatic carbocycles. The summed E-state index contributed by atoms with van der Waals surface area (Å²) in [6.45, 7) is 3.21. The number of aromatic nitrogens is 4. The number of carbonyl (C=O) groups excluding carboxylic acids is 2. The highest BCUT2D eigenvalue weighted by Crippen LogP contribution is 2.29. The molecule has 36 heavy (non-hydrogen) atoms. The first-order chi connectivity index (χ1) is 17.2. The van der Waals surface area contributed by atoms with E-state index in [4.69, 9.17) is 10.2 Å². The lowest BCUT2D eigenvalue weighted by atomic mass is 10.1. The van der Waals surface area contributed by atoms with E-state index in [1.807, 2.05) is 6.79 Å². The molecule has 2 heterocycles. The molecule has 0 bridgehead atoms. The molecule has 0 saturated heterocycles. The van der Waals surface area contributed by atoms with Crippen molar-refractivity contribution in [2.75, 3.05) is 26.7 Å². The van der Waals surface area contributed by atoms with Crippen molar-refractivity contribution in [3.8, 4) is 11.3 Å². The molecule has 0 radical (unpaired) electrons. The van der Waals surface area contributed by atoms with E-state index in [9.17, 15) is 22.4 Å². The monoisotopic (exact) mass is 507 g/mol. The number of hydrogen-bond acceptors (Lipinski definition) is 6. The van der Waals surface area contributed by atoms with Gasteiger partial charge in [0.1, 0.15) is 18.2 Å². The molecule has 2 aromatic heterocycles. The Morgan fingerprint density at radius 1 is 1.25 bits per heavy atom. The topological polar surface area (TPSA) is 120 Å². The Hall–Kier alpha value is -4.13. The first kappa shape index (κ1) is 28.1. The summed E-state index contributed by atoms with van der Waals surface area (Å²) in [6.07, 6.45) is 1.30. The van der Waals surface area contributed by atoms with Crippen molar-refractivity contribution >= 4 is 18.9 Å². The minimum Gasteiger partial charge on any atom is -0.341 e. The third-order valence-corrected chi connectivity index (χ3v) is 4.86. The number of halogens is 4. The summed E-state index contributed by atoms with van der Waals surface area (Å²) in [7, 11) is 1.75. The summed E-state index contributed by atoms with van der Waals surface area (Å²) in [5.41, 5.74) is -1.80. The van der Waals surface area contributed by atoms with Crippen LogP contribution in [0.1, 0.15) is 22.6 Å². The molecule has 3 rings (SSSR count). The molecule has 0 unspecified atom stereocenters. The molecule has 0 spiro atoms. The number of alkyl halides is 3. The van der Waals surface area contributed by atoms with Crippen molar-refractivity contribution in [3.05, 3.63) is 71.5 Å². The SMILES string of the molecule is C=O.CNCCN(CC/C=C/n1nc(-c2ccc(F)cc2)cc(C(F)(F)F)c1=N)C(=O)c1ncc[nH]1. The molecule has 1 amide bonds. The van der Waals surface area contributed by atoms with Crippen LogP contribution in [0.15, 0.2) is 48.8 Å². The van der Waals surface area contributed by atoms with Crippen LogP contribution in [0.3, 0.4) is 0 Å². The zero-order valence-electron chi connectivity index (χ0n) is 19.3. The van der Waals surface area contributed by atoms with Crippen LogP contribution in [0, 0.1) is 11.2 Å². The Bertz CT molecular complexity index is 1210. The van der Waals surface area contributed by atoms with Gasteiger partial charge < -0.3 is 20.0 Å². The van der Waals surface area contributed by atoms with Gasteiger partial charge in [-0.3, -0.25) is 10.2 Å². The predicted molar refractivity (Wildman–Crippen MR) is 124 cm³/mol. The fourth-order valence-electron chi connectivity index (χ4n) is 3.11. The van der Waals surface area contributed by atoms with Gasteiger partial charge in [-0.1, -0.05) is 6.08 Å². The van der Waals surface area contributed by atoms with E-state index in [0.29, 0.717) is 19.5 Å². The molecular weight excluding hydrogens is 482 g/mol. The minimum atomic E-state index is -4.77. The standard InChI is InChI=1S/C22H23F4N7O.CH2O/c1-28-10-13-32(21(34)20-29-8-9-30-20)11-2-3-12-33-19(27)17(22(24,25)26)14-18(31-33)15-4-6-16(23)7-5-15;1-2/h3-9,12,14,27-28H,2,10-11,13H2,1H3,(H,29,30);1H2/b12-3+,27-19?;. The maximum atomic E-state index is 13.5. The number of benzene rings is 1. The van der Waals surface area contributed by atoms with Crippen LogP contribution in [-0.4, -0.2) is 64.0 Å². The average Bonchev–Trinajstić information content (AvgIpc) is 3.40. The molecule has 0 atom stereocenters. The van der Waals surface area contributed by atoms with Crippen molar-refractivity contribution in [1.29, 1.82) is 5.41 Å². The normalized spacial score (nSPS) is 11.2. The highest BCUT2D eigenvalue weighted by atomic mass is 19.4. The Balaban J connectivity index is 0.00000222. The van der Waals surface area contributed by atoms with Gasteiger partial charge in [0, 0.05) is 43.8 Å². The molecule has 0 aliphatic heterocycles. The second-order valence-corrected chi connectivity index (χ2v) is 7.25. The number of carbonyl (C=O) groups is 2. The molecule has 1 aromatic carbocycles. The summed E-state index contributed by atoms with van der Waals surface area (Å²) in [5.74, 6) is -0.652. The molecule has 192 valence electrons. The fourth-order valence-corrected chi connectivity index (χ4v) is 3.11. The third kappa shape index (κ3) is 7.43. The van der Waals surface area contributed by atoms with Crippen LogP contribution in [0.5, 0.6) is 0 Å². The van der Waals surface area contributed by atoms with E-state index in [1.165, 1.54) is 36.8 Å². The lowest BCUT2D eigenvalue weighted by molar-refractivity contribution is -0.139. The van der Waals surface area contributed by atoms with Gasteiger partial charge in [-0.05, 0) is 43.8 Å². The Morgan fingerprint density at radius 3 is 2.53 bits per heavy atom. The van der Waals surface area contributed by atoms with Crippen molar-refractivity contribution in [2.45, 2.75) is 12.6 Å². The molecule has 13 heteroatoms. The van der Waals surface area contributed by atoms with E-state index in [1.54, 1.807) is 11.9 Å². The molecule has 0 fully saturated rings. The maximum Gasteiger partial charge on any atom is 0.420 e. The summed E-state index contributed by atoms with van der Waals surface area (Å²) in [6, 6.07) is 5.63. The predicted octanol–water partition coefficient (Wildman–Crippen LogP) is 2.95. The zero-order chi connectivity index (χ0) is 26.7. The number of rotatable bonds is 9. The number of likely N-dealkylation sites (N-methyl/N-ethyl adjacent to an activating group) is 1. The first-order valence-electron chi connectivity index (χ1n) is 10.6. The second-order valence-electron chi connectivity index (χ2n) is 7.25. The van der Waals surface area contributed by atoms with Crippen LogP contribution in [0.25, 0.3) is 17.5 Å². The average molecular weight is 507 g/mol. The fraction of sp³-hybridized carbons (Fsp3) is 0.261. The van der Waals surface area contributed by atoms with Crippen molar-refractivity contribution in [3.63, 3.8) is 0 Å².